The van der Waals surface area contributed by atoms with E-state index in [1.807, 2.05) is 42.9 Å². The zero-order chi connectivity index (χ0) is 26.6. The third-order valence-corrected chi connectivity index (χ3v) is 7.12. The second-order valence-corrected chi connectivity index (χ2v) is 10.0. The van der Waals surface area contributed by atoms with Crippen LogP contribution in [-0.4, -0.2) is 31.2 Å². The fourth-order valence-electron chi connectivity index (χ4n) is 5.25. The van der Waals surface area contributed by atoms with E-state index in [0.717, 1.165) is 51.7 Å². The minimum absolute atomic E-state index is 0.0717. The molecule has 2 atom stereocenters. The average molecular weight is 511 g/mol. The number of pyridine rings is 1. The van der Waals surface area contributed by atoms with Gasteiger partial charge in [0.1, 0.15) is 12.7 Å². The van der Waals surface area contributed by atoms with Crippen molar-refractivity contribution in [3.63, 3.8) is 0 Å². The molecule has 196 valence electrons. The molecule has 6 nitrogen and oxygen atoms in total. The van der Waals surface area contributed by atoms with E-state index in [2.05, 4.69) is 68.7 Å². The van der Waals surface area contributed by atoms with E-state index >= 15 is 0 Å². The number of hydrogen-bond acceptors (Lipinski definition) is 6. The monoisotopic (exact) mass is 510 g/mol. The van der Waals surface area contributed by atoms with E-state index in [4.69, 9.17) is 18.9 Å². The number of hydrogen-bond donors (Lipinski definition) is 0. The van der Waals surface area contributed by atoms with Crippen LogP contribution in [0.25, 0.3) is 16.7 Å². The number of benzene rings is 2. The zero-order valence-corrected chi connectivity index (χ0v) is 22.4. The van der Waals surface area contributed by atoms with Crippen molar-refractivity contribution in [2.45, 2.75) is 46.1 Å². The summed E-state index contributed by atoms with van der Waals surface area (Å²) in [5.74, 6) is 3.64. The fraction of sp³-hybridized carbons (Fsp3) is 0.312. The molecule has 6 heteroatoms. The van der Waals surface area contributed by atoms with Gasteiger partial charge in [-0.2, -0.15) is 0 Å². The van der Waals surface area contributed by atoms with Crippen molar-refractivity contribution in [3.8, 4) is 34.1 Å². The Bertz CT molecular complexity index is 1390. The summed E-state index contributed by atoms with van der Waals surface area (Å²) in [4.78, 5) is 8.44. The molecular formula is C32H34N2O4. The van der Waals surface area contributed by atoms with Crippen LogP contribution in [0.1, 0.15) is 51.2 Å². The van der Waals surface area contributed by atoms with Gasteiger partial charge in [-0.15, -0.1) is 0 Å². The van der Waals surface area contributed by atoms with Crippen molar-refractivity contribution < 1.29 is 18.9 Å². The molecular weight excluding hydrogens is 476 g/mol. The summed E-state index contributed by atoms with van der Waals surface area (Å²) in [6.07, 6.45) is 8.43. The van der Waals surface area contributed by atoms with E-state index < -0.39 is 0 Å². The molecule has 2 aliphatic heterocycles. The van der Waals surface area contributed by atoms with Gasteiger partial charge in [0.15, 0.2) is 23.0 Å². The maximum Gasteiger partial charge on any atom is 0.231 e. The summed E-state index contributed by atoms with van der Waals surface area (Å²) in [5, 5.41) is 0. The van der Waals surface area contributed by atoms with Crippen molar-refractivity contribution >= 4 is 12.3 Å². The molecule has 0 aliphatic carbocycles. The lowest BCUT2D eigenvalue weighted by atomic mass is 9.86. The van der Waals surface area contributed by atoms with E-state index in [0.29, 0.717) is 12.5 Å². The Morgan fingerprint density at radius 1 is 1.03 bits per heavy atom. The standard InChI is InChI=1S/C32H34N2O4/c1-6-25(27(16-33-5)22-7-9-29-31(14-22)37-19-36-29)21(4)13-24-18-35-32-15-23(8-10-30(32)38-24)28-17-34-12-11-26(28)20(2)3/h6-12,14-17,20-21,24H,5,13,18-19H2,1-4H3/b25-6-,27-16-. The maximum absolute atomic E-state index is 6.41. The lowest BCUT2D eigenvalue weighted by molar-refractivity contribution is 0.0778. The molecule has 0 fully saturated rings. The largest absolute Gasteiger partial charge is 0.486 e. The predicted octanol–water partition coefficient (Wildman–Crippen LogP) is 7.45. The lowest BCUT2D eigenvalue weighted by Crippen LogP contribution is -2.31. The summed E-state index contributed by atoms with van der Waals surface area (Å²) in [7, 11) is 0. The minimum Gasteiger partial charge on any atom is -0.486 e. The molecule has 2 aliphatic rings. The van der Waals surface area contributed by atoms with Crippen molar-refractivity contribution in [1.82, 2.24) is 4.98 Å². The van der Waals surface area contributed by atoms with Crippen LogP contribution >= 0.6 is 0 Å². The number of aliphatic imine (C=N–C) groups is 1. The van der Waals surface area contributed by atoms with E-state index in [1.54, 1.807) is 0 Å². The van der Waals surface area contributed by atoms with Gasteiger partial charge in [0.05, 0.1) is 0 Å². The molecule has 0 spiro atoms. The highest BCUT2D eigenvalue weighted by Gasteiger charge is 2.27. The Kier molecular flexibility index (Phi) is 7.50. The van der Waals surface area contributed by atoms with Crippen LogP contribution < -0.4 is 18.9 Å². The molecule has 0 bridgehead atoms. The number of rotatable bonds is 8. The molecule has 1 aromatic heterocycles. The third-order valence-electron chi connectivity index (χ3n) is 7.12. The summed E-state index contributed by atoms with van der Waals surface area (Å²) >= 11 is 0. The molecule has 0 saturated heterocycles. The van der Waals surface area contributed by atoms with Gasteiger partial charge in [-0.05, 0) is 84.5 Å². The zero-order valence-electron chi connectivity index (χ0n) is 22.4. The van der Waals surface area contributed by atoms with E-state index in [1.165, 1.54) is 11.1 Å². The molecule has 0 radical (unpaired) electrons. The Morgan fingerprint density at radius 2 is 1.82 bits per heavy atom. The van der Waals surface area contributed by atoms with Gasteiger partial charge < -0.3 is 18.9 Å². The normalized spacial score (nSPS) is 17.4. The first-order valence-electron chi connectivity index (χ1n) is 13.1. The summed E-state index contributed by atoms with van der Waals surface area (Å²) in [6, 6.07) is 14.2. The topological polar surface area (TPSA) is 62.2 Å². The molecule has 3 aromatic rings. The smallest absolute Gasteiger partial charge is 0.231 e. The molecule has 2 unspecified atom stereocenters. The van der Waals surface area contributed by atoms with Crippen LogP contribution in [0.4, 0.5) is 0 Å². The van der Waals surface area contributed by atoms with Gasteiger partial charge in [0.25, 0.3) is 0 Å². The highest BCUT2D eigenvalue weighted by molar-refractivity contribution is 5.81. The van der Waals surface area contributed by atoms with Crippen LogP contribution in [-0.2, 0) is 0 Å². The van der Waals surface area contributed by atoms with Gasteiger partial charge in [-0.3, -0.25) is 9.98 Å². The Morgan fingerprint density at radius 3 is 2.61 bits per heavy atom. The van der Waals surface area contributed by atoms with Gasteiger partial charge >= 0.3 is 0 Å². The van der Waals surface area contributed by atoms with E-state index in [9.17, 15) is 0 Å². The highest BCUT2D eigenvalue weighted by atomic mass is 16.7. The molecule has 2 aromatic carbocycles. The number of fused-ring (bicyclic) bond motifs is 2. The SMILES string of the molecule is C=N/C=C(\C(=C/C)C(C)CC1COc2cc(-c3cnccc3C(C)C)ccc2O1)c1ccc2c(c1)OCO2. The minimum atomic E-state index is -0.0717. The van der Waals surface area contributed by atoms with Crippen LogP contribution in [0, 0.1) is 5.92 Å². The number of ether oxygens (including phenoxy) is 4. The van der Waals surface area contributed by atoms with Crippen LogP contribution in [0.5, 0.6) is 23.0 Å². The first-order valence-corrected chi connectivity index (χ1v) is 13.1. The molecule has 0 N–H and O–H groups in total. The van der Waals surface area contributed by atoms with Gasteiger partial charge in [-0.1, -0.05) is 39.0 Å². The maximum atomic E-state index is 6.41. The fourth-order valence-corrected chi connectivity index (χ4v) is 5.25. The van der Waals surface area contributed by atoms with Gasteiger partial charge in [0, 0.05) is 29.7 Å². The first kappa shape index (κ1) is 25.6. The number of allylic oxidation sites excluding steroid dienone is 3. The summed E-state index contributed by atoms with van der Waals surface area (Å²) in [6.45, 7) is 13.1. The predicted molar refractivity (Wildman–Crippen MR) is 151 cm³/mol. The highest BCUT2D eigenvalue weighted by Crippen LogP contribution is 2.41. The first-order chi connectivity index (χ1) is 18.5. The van der Waals surface area contributed by atoms with Crippen molar-refractivity contribution in [2.24, 2.45) is 10.9 Å². The van der Waals surface area contributed by atoms with Crippen molar-refractivity contribution in [2.75, 3.05) is 13.4 Å². The third kappa shape index (κ3) is 5.17. The Balaban J connectivity index is 1.32. The molecule has 38 heavy (non-hydrogen) atoms. The molecule has 3 heterocycles. The second kappa shape index (κ2) is 11.1. The van der Waals surface area contributed by atoms with Crippen LogP contribution in [0.2, 0.25) is 0 Å². The quantitative estimate of drug-likeness (QED) is 0.233. The van der Waals surface area contributed by atoms with Crippen LogP contribution in [0.3, 0.4) is 0 Å². The van der Waals surface area contributed by atoms with Crippen molar-refractivity contribution in [3.05, 3.63) is 83.8 Å². The van der Waals surface area contributed by atoms with Crippen molar-refractivity contribution in [1.29, 1.82) is 0 Å². The molecule has 5 rings (SSSR count). The second-order valence-electron chi connectivity index (χ2n) is 10.0. The van der Waals surface area contributed by atoms with Crippen LogP contribution in [0.15, 0.2) is 77.7 Å². The van der Waals surface area contributed by atoms with Gasteiger partial charge in [-0.25, -0.2) is 0 Å². The lowest BCUT2D eigenvalue weighted by Gasteiger charge is -2.30. The van der Waals surface area contributed by atoms with E-state index in [-0.39, 0.29) is 18.8 Å². The number of nitrogens with zero attached hydrogens (tertiary/aromatic N) is 2. The number of aromatic nitrogens is 1. The van der Waals surface area contributed by atoms with Gasteiger partial charge in [0.2, 0.25) is 6.79 Å². The molecule has 0 saturated carbocycles. The summed E-state index contributed by atoms with van der Waals surface area (Å²) < 4.78 is 23.7. The Hall–Kier alpha value is -4.06. The molecule has 0 amide bonds. The summed E-state index contributed by atoms with van der Waals surface area (Å²) in [5.41, 5.74) is 6.66. The average Bonchev–Trinajstić information content (AvgIpc) is 3.41. The Labute approximate surface area is 224 Å².